The second-order valence-electron chi connectivity index (χ2n) is 8.12. The van der Waals surface area contributed by atoms with E-state index in [1.165, 1.54) is 25.4 Å². The van der Waals surface area contributed by atoms with Crippen LogP contribution in [0.15, 0.2) is 17.2 Å². The van der Waals surface area contributed by atoms with Crippen molar-refractivity contribution in [1.82, 2.24) is 14.9 Å². The first-order chi connectivity index (χ1) is 17.8. The Morgan fingerprint density at radius 1 is 1.28 bits per heavy atom. The number of carbonyl (C=O) groups excluding carboxylic acids is 1. The minimum absolute atomic E-state index is 0.00815. The van der Waals surface area contributed by atoms with Gasteiger partial charge < -0.3 is 46.2 Å². The monoisotopic (exact) mass is 639 g/mol. The Hall–Kier alpha value is -1.47. The molecule has 0 saturated carbocycles. The third-order valence-corrected chi connectivity index (χ3v) is 9.25. The Bertz CT molecular complexity index is 1270. The molecule has 1 aromatic rings. The van der Waals surface area contributed by atoms with Crippen molar-refractivity contribution in [3.63, 3.8) is 0 Å². The molecular weight excluding hydrogens is 611 g/mol. The Kier molecular flexibility index (Phi) is 11.6. The fourth-order valence-corrected chi connectivity index (χ4v) is 6.37. The average Bonchev–Trinajstić information content (AvgIpc) is 3.05. The molecule has 2 rings (SSSR count). The van der Waals surface area contributed by atoms with E-state index in [4.69, 9.17) is 26.0 Å². The first kappa shape index (κ1) is 33.7. The molecule has 19 nitrogen and oxygen atoms in total. The number of amides is 1. The molecule has 23 heteroatoms. The maximum Gasteiger partial charge on any atom is 0.490 e. The zero-order valence-electron chi connectivity index (χ0n) is 20.0. The van der Waals surface area contributed by atoms with Gasteiger partial charge in [-0.05, 0) is 6.08 Å². The van der Waals surface area contributed by atoms with Gasteiger partial charge >= 0.3 is 29.2 Å². The summed E-state index contributed by atoms with van der Waals surface area (Å²) in [5.41, 5.74) is 10.7. The smallest absolute Gasteiger partial charge is 0.390 e. The van der Waals surface area contributed by atoms with E-state index in [1.54, 1.807) is 0 Å². The van der Waals surface area contributed by atoms with Crippen molar-refractivity contribution in [3.8, 4) is 0 Å². The average molecular weight is 639 g/mol. The second kappa shape index (κ2) is 13.5. The van der Waals surface area contributed by atoms with Crippen LogP contribution in [-0.2, 0) is 36.4 Å². The fourth-order valence-electron chi connectivity index (χ4n) is 3.21. The summed E-state index contributed by atoms with van der Waals surface area (Å²) in [6.07, 6.45) is -0.195. The number of ether oxygens (including phenoxy) is 1. The lowest BCUT2D eigenvalue weighted by atomic mass is 10.0. The Morgan fingerprint density at radius 2 is 1.92 bits per heavy atom. The number of hydrogen-bond donors (Lipinski definition) is 9. The number of nitrogens with one attached hydrogen (secondary N) is 1. The number of nitrogens with zero attached hydrogens (tertiary/aromatic N) is 2. The number of phosphoric acid groups is 3. The number of nitrogen functional groups attached to an aromatic ring is 1. The molecule has 0 radical (unpaired) electrons. The van der Waals surface area contributed by atoms with Gasteiger partial charge in [0.25, 0.3) is 0 Å². The van der Waals surface area contributed by atoms with Crippen molar-refractivity contribution in [2.45, 2.75) is 37.8 Å². The number of phosphoric ester groups is 1. The number of aromatic nitrogens is 2. The van der Waals surface area contributed by atoms with Crippen LogP contribution in [0.25, 0.3) is 6.08 Å². The van der Waals surface area contributed by atoms with Crippen molar-refractivity contribution in [2.24, 2.45) is 11.7 Å². The lowest BCUT2D eigenvalue weighted by molar-refractivity contribution is -0.120. The minimum atomic E-state index is -5.74. The van der Waals surface area contributed by atoms with E-state index in [9.17, 15) is 38.2 Å². The van der Waals surface area contributed by atoms with Crippen molar-refractivity contribution in [2.75, 3.05) is 18.1 Å². The lowest BCUT2D eigenvalue weighted by Crippen LogP contribution is -2.31. The number of carbonyl (C=O) groups is 1. The zero-order chi connectivity index (χ0) is 29.8. The Labute approximate surface area is 226 Å². The van der Waals surface area contributed by atoms with E-state index >= 15 is 0 Å². The molecule has 222 valence electrons. The van der Waals surface area contributed by atoms with Crippen molar-refractivity contribution in [3.05, 3.63) is 28.4 Å². The van der Waals surface area contributed by atoms with Crippen LogP contribution < -0.4 is 22.5 Å². The molecule has 1 aliphatic heterocycles. The third-order valence-electron chi connectivity index (χ3n) is 4.98. The summed E-state index contributed by atoms with van der Waals surface area (Å²) in [7, 11) is -16.8. The van der Waals surface area contributed by atoms with Crippen LogP contribution in [0.5, 0.6) is 0 Å². The number of thiol groups is 1. The molecule has 39 heavy (non-hydrogen) atoms. The number of anilines is 1. The molecule has 0 aromatic carbocycles. The van der Waals surface area contributed by atoms with Crippen LogP contribution in [-0.4, -0.2) is 70.7 Å². The summed E-state index contributed by atoms with van der Waals surface area (Å²) in [4.78, 5) is 64.0. The molecular formula is C16H28N5O14P3S. The molecule has 1 fully saturated rings. The van der Waals surface area contributed by atoms with Gasteiger partial charge in [0.1, 0.15) is 18.1 Å². The molecule has 1 aromatic heterocycles. The van der Waals surface area contributed by atoms with Gasteiger partial charge in [-0.1, -0.05) is 6.92 Å². The van der Waals surface area contributed by atoms with Crippen LogP contribution in [0.3, 0.4) is 0 Å². The first-order valence-corrected chi connectivity index (χ1v) is 15.8. The topological polar surface area (TPSA) is 305 Å². The molecule has 1 amide bonds. The van der Waals surface area contributed by atoms with Gasteiger partial charge in [0.15, 0.2) is 0 Å². The SMILES string of the molecule is C[C@H]1C(O)[C@@H](COP(=O)(O)OP(=O)(O)OP(=O)(O)O)O[C@H]1n1cc(/C=C/NC(=O)CC(N)CS)c(N)nc1=O. The van der Waals surface area contributed by atoms with Crippen LogP contribution in [0.4, 0.5) is 5.82 Å². The van der Waals surface area contributed by atoms with Crippen molar-refractivity contribution in [1.29, 1.82) is 0 Å². The second-order valence-corrected chi connectivity index (χ2v) is 12.9. The van der Waals surface area contributed by atoms with Gasteiger partial charge in [-0.15, -0.1) is 0 Å². The number of aliphatic hydroxyl groups is 1. The number of hydrogen-bond acceptors (Lipinski definition) is 14. The first-order valence-electron chi connectivity index (χ1n) is 10.7. The van der Waals surface area contributed by atoms with Crippen LogP contribution in [0.1, 0.15) is 25.1 Å². The van der Waals surface area contributed by atoms with E-state index in [-0.39, 0.29) is 17.8 Å². The van der Waals surface area contributed by atoms with E-state index in [1.807, 2.05) is 0 Å². The highest BCUT2D eigenvalue weighted by molar-refractivity contribution is 7.80. The van der Waals surface area contributed by atoms with Crippen molar-refractivity contribution < 1.29 is 61.1 Å². The van der Waals surface area contributed by atoms with Gasteiger partial charge in [0.2, 0.25) is 5.91 Å². The summed E-state index contributed by atoms with van der Waals surface area (Å²) in [6, 6.07) is -0.452. The van der Waals surface area contributed by atoms with Gasteiger partial charge in [0.05, 0.1) is 12.7 Å². The van der Waals surface area contributed by atoms with E-state index < -0.39 is 72.1 Å². The van der Waals surface area contributed by atoms with Gasteiger partial charge in [-0.2, -0.15) is 26.2 Å². The quantitative estimate of drug-likeness (QED) is 0.0904. The molecule has 2 heterocycles. The van der Waals surface area contributed by atoms with Crippen LogP contribution in [0.2, 0.25) is 0 Å². The molecule has 4 unspecified atom stereocenters. The highest BCUT2D eigenvalue weighted by atomic mass is 32.1. The molecule has 7 atom stereocenters. The summed E-state index contributed by atoms with van der Waals surface area (Å²) in [6.45, 7) is 0.527. The molecule has 0 spiro atoms. The van der Waals surface area contributed by atoms with Gasteiger partial charge in [0, 0.05) is 42.1 Å². The molecule has 0 bridgehead atoms. The maximum atomic E-state index is 12.5. The van der Waals surface area contributed by atoms with Gasteiger partial charge in [-0.25, -0.2) is 18.5 Å². The molecule has 1 saturated heterocycles. The highest BCUT2D eigenvalue weighted by Crippen LogP contribution is 2.66. The van der Waals surface area contributed by atoms with Crippen molar-refractivity contribution >= 4 is 53.9 Å². The van der Waals surface area contributed by atoms with E-state index in [2.05, 4.69) is 36.1 Å². The van der Waals surface area contributed by atoms with E-state index in [0.717, 1.165) is 4.57 Å². The summed E-state index contributed by atoms with van der Waals surface area (Å²) in [5, 5.41) is 13.0. The summed E-state index contributed by atoms with van der Waals surface area (Å²) < 4.78 is 52.4. The fraction of sp³-hybridized carbons (Fsp3) is 0.562. The zero-order valence-corrected chi connectivity index (χ0v) is 23.6. The predicted octanol–water partition coefficient (Wildman–Crippen LogP) is -1.20. The third kappa shape index (κ3) is 10.5. The molecule has 1 aliphatic rings. The van der Waals surface area contributed by atoms with Crippen LogP contribution in [0, 0.1) is 5.92 Å². The summed E-state index contributed by atoms with van der Waals surface area (Å²) >= 11 is 3.99. The minimum Gasteiger partial charge on any atom is -0.390 e. The van der Waals surface area contributed by atoms with E-state index in [0.29, 0.717) is 5.75 Å². The highest BCUT2D eigenvalue weighted by Gasteiger charge is 2.45. The number of aliphatic hydroxyl groups excluding tert-OH is 1. The summed E-state index contributed by atoms with van der Waals surface area (Å²) in [5.74, 6) is -1.14. The largest absolute Gasteiger partial charge is 0.490 e. The van der Waals surface area contributed by atoms with Gasteiger partial charge in [-0.3, -0.25) is 13.9 Å². The lowest BCUT2D eigenvalue weighted by Gasteiger charge is -2.19. The number of rotatable bonds is 13. The Morgan fingerprint density at radius 3 is 2.51 bits per heavy atom. The molecule has 0 aliphatic carbocycles. The predicted molar refractivity (Wildman–Crippen MR) is 135 cm³/mol. The number of nitrogens with two attached hydrogens (primary N) is 2. The maximum absolute atomic E-state index is 12.5. The Balaban J connectivity index is 2.13. The standard InChI is InChI=1S/C16H28N5O14P3S/c1-8-13(23)11(6-32-37(28,29)35-38(30,31)34-36(25,26)27)33-15(8)21-5-9(14(18)20-16(21)24)2-3-19-12(22)4-10(17)7-39/h2-3,5,8,10-11,13,15,23,39H,4,6-7,17H2,1H3,(H,19,22)(H,28,29)(H,30,31)(H2,18,20,24)(H2,25,26,27)/b3-2+/t8-,10?,11+,13?,15+/m0/s1. The van der Waals surface area contributed by atoms with Crippen LogP contribution >= 0.6 is 36.1 Å². The normalized spacial score (nSPS) is 25.7. The molecule has 10 N–H and O–H groups in total.